The summed E-state index contributed by atoms with van der Waals surface area (Å²) in [5.41, 5.74) is 0.976. The van der Waals surface area contributed by atoms with Crippen molar-refractivity contribution < 1.29 is 9.53 Å². The molecule has 4 nitrogen and oxygen atoms in total. The molecule has 0 fully saturated rings. The van der Waals surface area contributed by atoms with E-state index < -0.39 is 0 Å². The Kier molecular flexibility index (Phi) is 3.97. The Labute approximate surface area is 107 Å². The highest BCUT2D eigenvalue weighted by Crippen LogP contribution is 2.22. The molecule has 0 spiro atoms. The van der Waals surface area contributed by atoms with Crippen molar-refractivity contribution in [3.05, 3.63) is 30.5 Å². The Morgan fingerprint density at radius 2 is 2.17 bits per heavy atom. The Morgan fingerprint density at radius 3 is 2.89 bits per heavy atom. The zero-order valence-corrected chi connectivity index (χ0v) is 10.8. The Balaban J connectivity index is 2.38. The number of ether oxygens (including phenoxy) is 1. The molecule has 1 aromatic carbocycles. The molecule has 0 N–H and O–H groups in total. The molecule has 0 saturated heterocycles. The summed E-state index contributed by atoms with van der Waals surface area (Å²) in [5.74, 6) is -0.201. The second-order valence-corrected chi connectivity index (χ2v) is 4.20. The number of carbonyl (C=O) groups is 1. The van der Waals surface area contributed by atoms with Gasteiger partial charge >= 0.3 is 5.97 Å². The number of para-hydroxylation sites is 1. The molecule has 0 aliphatic carbocycles. The quantitative estimate of drug-likeness (QED) is 0.762. The van der Waals surface area contributed by atoms with Gasteiger partial charge in [-0.25, -0.2) is 4.79 Å². The van der Waals surface area contributed by atoms with E-state index in [0.717, 1.165) is 23.7 Å². The average molecular weight is 246 g/mol. The summed E-state index contributed by atoms with van der Waals surface area (Å²) in [6.07, 6.45) is 3.44. The number of rotatable bonds is 5. The van der Waals surface area contributed by atoms with Crippen LogP contribution in [0.25, 0.3) is 10.9 Å². The molecule has 96 valence electrons. The van der Waals surface area contributed by atoms with Crippen molar-refractivity contribution in [1.82, 2.24) is 9.78 Å². The lowest BCUT2D eigenvalue weighted by Gasteiger charge is -2.16. The highest BCUT2D eigenvalue weighted by atomic mass is 16.5. The largest absolute Gasteiger partial charge is 0.464 e. The van der Waals surface area contributed by atoms with Crippen molar-refractivity contribution in [2.75, 3.05) is 6.61 Å². The van der Waals surface area contributed by atoms with Gasteiger partial charge in [-0.3, -0.25) is 4.68 Å². The third kappa shape index (κ3) is 2.37. The van der Waals surface area contributed by atoms with Crippen molar-refractivity contribution in [3.63, 3.8) is 0 Å². The van der Waals surface area contributed by atoms with E-state index in [0.29, 0.717) is 6.61 Å². The fourth-order valence-electron chi connectivity index (χ4n) is 2.09. The zero-order chi connectivity index (χ0) is 13.0. The van der Waals surface area contributed by atoms with E-state index >= 15 is 0 Å². The molecule has 2 rings (SSSR count). The fourth-order valence-corrected chi connectivity index (χ4v) is 2.09. The molecule has 0 saturated carbocycles. The Morgan fingerprint density at radius 1 is 1.39 bits per heavy atom. The van der Waals surface area contributed by atoms with Gasteiger partial charge in [0.1, 0.15) is 6.04 Å². The van der Waals surface area contributed by atoms with Crippen LogP contribution in [-0.4, -0.2) is 22.4 Å². The van der Waals surface area contributed by atoms with E-state index in [4.69, 9.17) is 4.74 Å². The van der Waals surface area contributed by atoms with Gasteiger partial charge in [-0.05, 0) is 19.4 Å². The summed E-state index contributed by atoms with van der Waals surface area (Å²) < 4.78 is 6.90. The van der Waals surface area contributed by atoms with Gasteiger partial charge < -0.3 is 4.74 Å². The van der Waals surface area contributed by atoms with Crippen molar-refractivity contribution in [2.45, 2.75) is 32.7 Å². The molecule has 0 aliphatic heterocycles. The molecular formula is C14H18N2O2. The predicted octanol–water partition coefficient (Wildman–Crippen LogP) is 2.94. The molecule has 0 aliphatic rings. The third-order valence-electron chi connectivity index (χ3n) is 2.92. The van der Waals surface area contributed by atoms with Crippen molar-refractivity contribution in [1.29, 1.82) is 0 Å². The van der Waals surface area contributed by atoms with E-state index in [1.54, 1.807) is 10.9 Å². The topological polar surface area (TPSA) is 44.1 Å². The second kappa shape index (κ2) is 5.67. The van der Waals surface area contributed by atoms with Crippen molar-refractivity contribution >= 4 is 16.9 Å². The van der Waals surface area contributed by atoms with Gasteiger partial charge in [0.25, 0.3) is 0 Å². The Hall–Kier alpha value is -1.84. The lowest BCUT2D eigenvalue weighted by atomic mass is 10.1. The molecule has 1 unspecified atom stereocenters. The molecule has 2 aromatic rings. The number of benzene rings is 1. The molecule has 0 radical (unpaired) electrons. The monoisotopic (exact) mass is 246 g/mol. The van der Waals surface area contributed by atoms with Crippen molar-refractivity contribution in [2.24, 2.45) is 0 Å². The smallest absolute Gasteiger partial charge is 0.330 e. The minimum absolute atomic E-state index is 0.201. The summed E-state index contributed by atoms with van der Waals surface area (Å²) in [6.45, 7) is 4.28. The van der Waals surface area contributed by atoms with Gasteiger partial charge in [0.2, 0.25) is 0 Å². The summed E-state index contributed by atoms with van der Waals surface area (Å²) >= 11 is 0. The lowest BCUT2D eigenvalue weighted by molar-refractivity contribution is -0.147. The maximum Gasteiger partial charge on any atom is 0.330 e. The SMILES string of the molecule is CCCC(C(=O)OCC)n1ncc2ccccc21. The van der Waals surface area contributed by atoms with Gasteiger partial charge in [-0.1, -0.05) is 31.5 Å². The van der Waals surface area contributed by atoms with Crippen molar-refractivity contribution in [3.8, 4) is 0 Å². The first-order valence-corrected chi connectivity index (χ1v) is 6.36. The zero-order valence-electron chi connectivity index (χ0n) is 10.8. The fraction of sp³-hybridized carbons (Fsp3) is 0.429. The van der Waals surface area contributed by atoms with Gasteiger partial charge in [0.15, 0.2) is 0 Å². The highest BCUT2D eigenvalue weighted by Gasteiger charge is 2.23. The molecular weight excluding hydrogens is 228 g/mol. The van der Waals surface area contributed by atoms with Gasteiger partial charge in [0.05, 0.1) is 18.3 Å². The third-order valence-corrected chi connectivity index (χ3v) is 2.92. The molecule has 4 heteroatoms. The molecule has 0 amide bonds. The summed E-state index contributed by atoms with van der Waals surface area (Å²) in [5, 5.41) is 5.38. The summed E-state index contributed by atoms with van der Waals surface area (Å²) in [4.78, 5) is 12.0. The van der Waals surface area contributed by atoms with Crippen LogP contribution < -0.4 is 0 Å². The standard InChI is InChI=1S/C14H18N2O2/c1-3-7-13(14(17)18-4-2)16-12-9-6-5-8-11(12)10-15-16/h5-6,8-10,13H,3-4,7H2,1-2H3. The maximum atomic E-state index is 12.0. The molecule has 0 bridgehead atoms. The number of hydrogen-bond donors (Lipinski definition) is 0. The Bertz CT molecular complexity index is 533. The van der Waals surface area contributed by atoms with E-state index in [9.17, 15) is 4.79 Å². The number of carbonyl (C=O) groups excluding carboxylic acids is 1. The minimum atomic E-state index is -0.324. The van der Waals surface area contributed by atoms with Crippen LogP contribution in [0, 0.1) is 0 Å². The summed E-state index contributed by atoms with van der Waals surface area (Å²) in [6, 6.07) is 7.56. The second-order valence-electron chi connectivity index (χ2n) is 4.20. The predicted molar refractivity (Wildman–Crippen MR) is 70.3 cm³/mol. The van der Waals surface area contributed by atoms with Crippen LogP contribution in [0.1, 0.15) is 32.7 Å². The van der Waals surface area contributed by atoms with E-state index in [1.807, 2.05) is 31.2 Å². The molecule has 1 aromatic heterocycles. The maximum absolute atomic E-state index is 12.0. The van der Waals surface area contributed by atoms with Crippen LogP contribution in [0.4, 0.5) is 0 Å². The minimum Gasteiger partial charge on any atom is -0.464 e. The van der Waals surface area contributed by atoms with Crippen LogP contribution >= 0.6 is 0 Å². The number of fused-ring (bicyclic) bond motifs is 1. The van der Waals surface area contributed by atoms with Gasteiger partial charge in [-0.15, -0.1) is 0 Å². The first kappa shape index (κ1) is 12.6. The lowest BCUT2D eigenvalue weighted by Crippen LogP contribution is -2.22. The number of esters is 1. The van der Waals surface area contributed by atoms with Gasteiger partial charge in [-0.2, -0.15) is 5.10 Å². The van der Waals surface area contributed by atoms with E-state index in [2.05, 4.69) is 12.0 Å². The van der Waals surface area contributed by atoms with Gasteiger partial charge in [0, 0.05) is 5.39 Å². The first-order valence-electron chi connectivity index (χ1n) is 6.36. The van der Waals surface area contributed by atoms with Crippen LogP contribution in [0.3, 0.4) is 0 Å². The molecule has 1 atom stereocenters. The average Bonchev–Trinajstić information content (AvgIpc) is 2.80. The normalized spacial score (nSPS) is 12.6. The number of nitrogens with zero attached hydrogens (tertiary/aromatic N) is 2. The van der Waals surface area contributed by atoms with Crippen LogP contribution in [-0.2, 0) is 9.53 Å². The van der Waals surface area contributed by atoms with E-state index in [1.165, 1.54) is 0 Å². The first-order chi connectivity index (χ1) is 8.77. The highest BCUT2D eigenvalue weighted by molar-refractivity contribution is 5.82. The number of hydrogen-bond acceptors (Lipinski definition) is 3. The van der Waals surface area contributed by atoms with Crippen LogP contribution in [0.5, 0.6) is 0 Å². The number of aromatic nitrogens is 2. The van der Waals surface area contributed by atoms with Crippen LogP contribution in [0.15, 0.2) is 30.5 Å². The van der Waals surface area contributed by atoms with Crippen LogP contribution in [0.2, 0.25) is 0 Å². The molecule has 18 heavy (non-hydrogen) atoms. The summed E-state index contributed by atoms with van der Waals surface area (Å²) in [7, 11) is 0. The van der Waals surface area contributed by atoms with E-state index in [-0.39, 0.29) is 12.0 Å². The molecule has 1 heterocycles.